The molecule has 2 heterocycles. The molecule has 0 atom stereocenters. The van der Waals surface area contributed by atoms with E-state index in [1.54, 1.807) is 6.20 Å². The van der Waals surface area contributed by atoms with E-state index in [-0.39, 0.29) is 0 Å². The maximum absolute atomic E-state index is 5.73. The molecule has 0 radical (unpaired) electrons. The Kier molecular flexibility index (Phi) is 1.92. The monoisotopic (exact) mass is 189 g/mol. The van der Waals surface area contributed by atoms with Crippen molar-refractivity contribution in [3.8, 4) is 0 Å². The van der Waals surface area contributed by atoms with Gasteiger partial charge in [0.05, 0.1) is 11.7 Å². The summed E-state index contributed by atoms with van der Waals surface area (Å²) in [4.78, 5) is 14.1. The van der Waals surface area contributed by atoms with Gasteiger partial charge in [0, 0.05) is 19.5 Å². The fraction of sp³-hybridized carbons (Fsp3) is 0.222. The molecule has 2 N–H and O–H groups in total. The zero-order chi connectivity index (χ0) is 10.1. The van der Waals surface area contributed by atoms with Gasteiger partial charge in [0.15, 0.2) is 0 Å². The lowest BCUT2D eigenvalue weighted by Crippen LogP contribution is -2.10. The average Bonchev–Trinajstić information content (AvgIpc) is 2.18. The van der Waals surface area contributed by atoms with Crippen LogP contribution in [-0.2, 0) is 0 Å². The minimum atomic E-state index is 0.487. The van der Waals surface area contributed by atoms with Gasteiger partial charge in [-0.15, -0.1) is 0 Å². The predicted octanol–water partition coefficient (Wildman–Crippen LogP) is 0.673. The Labute approximate surface area is 81.6 Å². The minimum absolute atomic E-state index is 0.487. The highest BCUT2D eigenvalue weighted by atomic mass is 15.1. The first kappa shape index (κ1) is 8.68. The van der Waals surface area contributed by atoms with Crippen molar-refractivity contribution in [3.63, 3.8) is 0 Å². The molecule has 0 aliphatic heterocycles. The molecule has 14 heavy (non-hydrogen) atoms. The van der Waals surface area contributed by atoms with Gasteiger partial charge in [0.2, 0.25) is 0 Å². The lowest BCUT2D eigenvalue weighted by Gasteiger charge is -2.11. The molecule has 0 saturated carbocycles. The number of hydrogen-bond donors (Lipinski definition) is 1. The molecule has 2 rings (SSSR count). The van der Waals surface area contributed by atoms with Gasteiger partial charge in [-0.25, -0.2) is 15.0 Å². The molecule has 0 spiro atoms. The molecule has 0 aromatic carbocycles. The smallest absolute Gasteiger partial charge is 0.134 e. The number of fused-ring (bicyclic) bond motifs is 1. The largest absolute Gasteiger partial charge is 0.383 e. The Morgan fingerprint density at radius 2 is 2.00 bits per heavy atom. The lowest BCUT2D eigenvalue weighted by atomic mass is 10.3. The number of nitrogens with two attached hydrogens (primary N) is 1. The highest BCUT2D eigenvalue weighted by Crippen LogP contribution is 2.19. The van der Waals surface area contributed by atoms with E-state index in [1.807, 2.05) is 25.1 Å². The summed E-state index contributed by atoms with van der Waals surface area (Å²) < 4.78 is 0. The van der Waals surface area contributed by atoms with E-state index >= 15 is 0 Å². The topological polar surface area (TPSA) is 67.9 Å². The number of anilines is 2. The van der Waals surface area contributed by atoms with Gasteiger partial charge in [-0.1, -0.05) is 0 Å². The molecular formula is C9H11N5. The number of hydrogen-bond acceptors (Lipinski definition) is 5. The van der Waals surface area contributed by atoms with Crippen LogP contribution in [0.2, 0.25) is 0 Å². The van der Waals surface area contributed by atoms with Crippen LogP contribution in [0.5, 0.6) is 0 Å². The van der Waals surface area contributed by atoms with Gasteiger partial charge >= 0.3 is 0 Å². The first-order chi connectivity index (χ1) is 6.68. The summed E-state index contributed by atoms with van der Waals surface area (Å²) in [7, 11) is 3.85. The summed E-state index contributed by atoms with van der Waals surface area (Å²) in [6, 6.07) is 1.88. The first-order valence-electron chi connectivity index (χ1n) is 4.22. The van der Waals surface area contributed by atoms with Gasteiger partial charge in [-0.3, -0.25) is 0 Å². The molecule has 0 bridgehead atoms. The molecule has 2 aromatic rings. The van der Waals surface area contributed by atoms with E-state index in [1.165, 1.54) is 6.33 Å². The van der Waals surface area contributed by atoms with Crippen molar-refractivity contribution in [2.24, 2.45) is 0 Å². The summed E-state index contributed by atoms with van der Waals surface area (Å²) in [5, 5.41) is 0.839. The maximum atomic E-state index is 5.73. The Bertz CT molecular complexity index is 466. The molecule has 0 aliphatic rings. The van der Waals surface area contributed by atoms with Gasteiger partial charge in [0.1, 0.15) is 18.0 Å². The molecule has 0 amide bonds. The van der Waals surface area contributed by atoms with E-state index in [4.69, 9.17) is 5.73 Å². The predicted molar refractivity (Wildman–Crippen MR) is 56.1 cm³/mol. The molecule has 2 aromatic heterocycles. The molecule has 0 saturated heterocycles. The SMILES string of the molecule is CN(C)c1cc2c(N)ncnc2cn1. The third-order valence-electron chi connectivity index (χ3n) is 2.00. The number of nitrogen functional groups attached to an aromatic ring is 1. The Morgan fingerprint density at radius 3 is 2.71 bits per heavy atom. The molecular weight excluding hydrogens is 178 g/mol. The van der Waals surface area contributed by atoms with Gasteiger partial charge < -0.3 is 10.6 Å². The third kappa shape index (κ3) is 1.32. The van der Waals surface area contributed by atoms with Crippen LogP contribution in [0.3, 0.4) is 0 Å². The van der Waals surface area contributed by atoms with Crippen LogP contribution in [0.25, 0.3) is 10.9 Å². The van der Waals surface area contributed by atoms with E-state index in [2.05, 4.69) is 15.0 Å². The van der Waals surface area contributed by atoms with Crippen LogP contribution in [0, 0.1) is 0 Å². The summed E-state index contributed by atoms with van der Waals surface area (Å²) in [5.74, 6) is 1.33. The summed E-state index contributed by atoms with van der Waals surface area (Å²) in [6.45, 7) is 0. The summed E-state index contributed by atoms with van der Waals surface area (Å²) in [6.07, 6.45) is 3.14. The van der Waals surface area contributed by atoms with E-state index in [0.717, 1.165) is 16.7 Å². The quantitative estimate of drug-likeness (QED) is 0.714. The van der Waals surface area contributed by atoms with Crippen molar-refractivity contribution in [1.82, 2.24) is 15.0 Å². The zero-order valence-corrected chi connectivity index (χ0v) is 8.10. The second-order valence-electron chi connectivity index (χ2n) is 3.21. The molecule has 5 heteroatoms. The van der Waals surface area contributed by atoms with Crippen LogP contribution in [0.1, 0.15) is 0 Å². The number of rotatable bonds is 1. The Balaban J connectivity index is 2.70. The highest BCUT2D eigenvalue weighted by Gasteiger charge is 2.03. The van der Waals surface area contributed by atoms with E-state index in [9.17, 15) is 0 Å². The van der Waals surface area contributed by atoms with Crippen molar-refractivity contribution in [2.45, 2.75) is 0 Å². The number of nitrogens with zero attached hydrogens (tertiary/aromatic N) is 4. The second kappa shape index (κ2) is 3.10. The van der Waals surface area contributed by atoms with Gasteiger partial charge in [-0.2, -0.15) is 0 Å². The lowest BCUT2D eigenvalue weighted by molar-refractivity contribution is 1.07. The average molecular weight is 189 g/mol. The summed E-state index contributed by atoms with van der Waals surface area (Å²) >= 11 is 0. The molecule has 0 unspecified atom stereocenters. The van der Waals surface area contributed by atoms with E-state index < -0.39 is 0 Å². The van der Waals surface area contributed by atoms with Crippen molar-refractivity contribution < 1.29 is 0 Å². The van der Waals surface area contributed by atoms with E-state index in [0.29, 0.717) is 5.82 Å². The third-order valence-corrected chi connectivity index (χ3v) is 2.00. The summed E-state index contributed by atoms with van der Waals surface area (Å²) in [5.41, 5.74) is 6.49. The van der Waals surface area contributed by atoms with Gasteiger partial charge in [-0.05, 0) is 6.07 Å². The van der Waals surface area contributed by atoms with Crippen LogP contribution in [-0.4, -0.2) is 29.0 Å². The standard InChI is InChI=1S/C9H11N5/c1-14(2)8-3-6-7(4-11-8)12-5-13-9(6)10/h3-5H,1-2H3,(H2,10,12,13). The molecule has 5 nitrogen and oxygen atoms in total. The van der Waals surface area contributed by atoms with Crippen molar-refractivity contribution in [3.05, 3.63) is 18.6 Å². The number of aromatic nitrogens is 3. The molecule has 72 valence electrons. The van der Waals surface area contributed by atoms with Crippen LogP contribution >= 0.6 is 0 Å². The van der Waals surface area contributed by atoms with Crippen molar-refractivity contribution in [2.75, 3.05) is 24.7 Å². The Hall–Kier alpha value is -1.91. The van der Waals surface area contributed by atoms with Crippen molar-refractivity contribution in [1.29, 1.82) is 0 Å². The Morgan fingerprint density at radius 1 is 1.21 bits per heavy atom. The second-order valence-corrected chi connectivity index (χ2v) is 3.21. The molecule has 0 aliphatic carbocycles. The molecule has 0 fully saturated rings. The number of pyridine rings is 1. The first-order valence-corrected chi connectivity index (χ1v) is 4.22. The van der Waals surface area contributed by atoms with Crippen LogP contribution in [0.4, 0.5) is 11.6 Å². The minimum Gasteiger partial charge on any atom is -0.383 e. The fourth-order valence-corrected chi connectivity index (χ4v) is 1.21. The van der Waals surface area contributed by atoms with Crippen LogP contribution in [0.15, 0.2) is 18.6 Å². The zero-order valence-electron chi connectivity index (χ0n) is 8.10. The van der Waals surface area contributed by atoms with Crippen molar-refractivity contribution >= 4 is 22.5 Å². The van der Waals surface area contributed by atoms with Gasteiger partial charge in [0.25, 0.3) is 0 Å². The highest BCUT2D eigenvalue weighted by molar-refractivity contribution is 5.88. The normalized spacial score (nSPS) is 10.4. The maximum Gasteiger partial charge on any atom is 0.134 e. The fourth-order valence-electron chi connectivity index (χ4n) is 1.21. The van der Waals surface area contributed by atoms with Crippen LogP contribution < -0.4 is 10.6 Å².